The van der Waals surface area contributed by atoms with Gasteiger partial charge in [-0.3, -0.25) is 9.59 Å². The van der Waals surface area contributed by atoms with E-state index in [4.69, 9.17) is 14.2 Å². The zero-order valence-electron chi connectivity index (χ0n) is 22.9. The quantitative estimate of drug-likeness (QED) is 0.199. The number of ether oxygens (including phenoxy) is 3. The van der Waals surface area contributed by atoms with E-state index in [2.05, 4.69) is 26.8 Å². The molecule has 36 heavy (non-hydrogen) atoms. The standard InChI is InChI=1S/C30H44O6/c1-7-34-27(33)11-8-18(2)23-9-10-24-28-25(13-15-30(23,24)6)29(5)14-12-22(35-19(3)31)16-21(29)17-26(28)36-20(4)32/h8-9,11,18,21-22,24-26,28H,7,10,12-17H2,1-6H3/b11-8+/t18-,21+,22?,24+,25+,26?,28+,29+,30-/m1/s1. The van der Waals surface area contributed by atoms with Crippen molar-refractivity contribution >= 4 is 17.9 Å². The highest BCUT2D eigenvalue weighted by molar-refractivity contribution is 5.82. The SMILES string of the molecule is CCOC(=O)/C=C/[C@@H](C)C1=CC[C@H]2[C@@H]3C(OC(C)=O)C[C@@H]4CC(OC(C)=O)CC[C@]4(C)[C@H]3CC[C@]12C. The summed E-state index contributed by atoms with van der Waals surface area (Å²) in [6.45, 7) is 12.2. The van der Waals surface area contributed by atoms with Crippen LogP contribution in [0.25, 0.3) is 0 Å². The van der Waals surface area contributed by atoms with E-state index in [9.17, 15) is 14.4 Å². The maximum Gasteiger partial charge on any atom is 0.330 e. The number of fused-ring (bicyclic) bond motifs is 5. The predicted octanol–water partition coefficient (Wildman–Crippen LogP) is 5.79. The summed E-state index contributed by atoms with van der Waals surface area (Å²) in [5.41, 5.74) is 1.59. The summed E-state index contributed by atoms with van der Waals surface area (Å²) in [6, 6.07) is 0. The molecule has 3 saturated carbocycles. The lowest BCUT2D eigenvalue weighted by Crippen LogP contribution is -2.59. The first-order valence-electron chi connectivity index (χ1n) is 13.9. The molecule has 4 aliphatic carbocycles. The molecule has 200 valence electrons. The van der Waals surface area contributed by atoms with E-state index in [1.54, 1.807) is 6.08 Å². The van der Waals surface area contributed by atoms with Crippen LogP contribution in [0, 0.1) is 40.4 Å². The maximum absolute atomic E-state index is 12.2. The Hall–Kier alpha value is -2.11. The molecule has 0 aliphatic heterocycles. The lowest BCUT2D eigenvalue weighted by atomic mass is 9.43. The van der Waals surface area contributed by atoms with Crippen LogP contribution in [0.1, 0.15) is 86.5 Å². The molecule has 6 nitrogen and oxygen atoms in total. The molecule has 2 unspecified atom stereocenters. The normalized spacial score (nSPS) is 40.3. The Labute approximate surface area is 216 Å². The van der Waals surface area contributed by atoms with Crippen molar-refractivity contribution in [2.75, 3.05) is 6.61 Å². The summed E-state index contributed by atoms with van der Waals surface area (Å²) in [5.74, 6) is 1.03. The number of hydrogen-bond donors (Lipinski definition) is 0. The lowest BCUT2D eigenvalue weighted by Gasteiger charge is -2.62. The third-order valence-corrected chi connectivity index (χ3v) is 10.2. The van der Waals surface area contributed by atoms with Gasteiger partial charge in [-0.05, 0) is 86.4 Å². The fourth-order valence-electron chi connectivity index (χ4n) is 8.66. The number of allylic oxidation sites excluding steroid dienone is 3. The summed E-state index contributed by atoms with van der Waals surface area (Å²) in [5, 5.41) is 0. The fraction of sp³-hybridized carbons (Fsp3) is 0.767. The van der Waals surface area contributed by atoms with Crippen LogP contribution in [0.5, 0.6) is 0 Å². The van der Waals surface area contributed by atoms with E-state index in [1.807, 2.05) is 13.0 Å². The molecule has 9 atom stereocenters. The van der Waals surface area contributed by atoms with Gasteiger partial charge in [0.05, 0.1) is 6.61 Å². The van der Waals surface area contributed by atoms with Crippen molar-refractivity contribution in [1.29, 1.82) is 0 Å². The second kappa shape index (κ2) is 10.3. The Morgan fingerprint density at radius 1 is 1.06 bits per heavy atom. The van der Waals surface area contributed by atoms with Crippen molar-refractivity contribution in [3.05, 3.63) is 23.8 Å². The van der Waals surface area contributed by atoms with Crippen molar-refractivity contribution in [3.8, 4) is 0 Å². The summed E-state index contributed by atoms with van der Waals surface area (Å²) in [7, 11) is 0. The van der Waals surface area contributed by atoms with Gasteiger partial charge < -0.3 is 14.2 Å². The Bertz CT molecular complexity index is 936. The van der Waals surface area contributed by atoms with Crippen molar-refractivity contribution in [2.24, 2.45) is 40.4 Å². The Kier molecular flexibility index (Phi) is 7.73. The van der Waals surface area contributed by atoms with Gasteiger partial charge in [0.2, 0.25) is 0 Å². The molecule has 4 rings (SSSR count). The van der Waals surface area contributed by atoms with Gasteiger partial charge in [0.1, 0.15) is 12.2 Å². The van der Waals surface area contributed by atoms with E-state index in [1.165, 1.54) is 19.4 Å². The lowest BCUT2D eigenvalue weighted by molar-refractivity contribution is -0.192. The summed E-state index contributed by atoms with van der Waals surface area (Å²) in [6.07, 6.45) is 12.6. The summed E-state index contributed by atoms with van der Waals surface area (Å²) < 4.78 is 16.8. The van der Waals surface area contributed by atoms with Crippen LogP contribution in [-0.2, 0) is 28.6 Å². The van der Waals surface area contributed by atoms with E-state index >= 15 is 0 Å². The highest BCUT2D eigenvalue weighted by Crippen LogP contribution is 2.67. The minimum Gasteiger partial charge on any atom is -0.463 e. The number of rotatable bonds is 6. The van der Waals surface area contributed by atoms with E-state index in [0.29, 0.717) is 30.3 Å². The Balaban J connectivity index is 1.59. The van der Waals surface area contributed by atoms with Crippen LogP contribution in [0.3, 0.4) is 0 Å². The molecule has 0 saturated heterocycles. The zero-order chi connectivity index (χ0) is 26.3. The number of carbonyl (C=O) groups excluding carboxylic acids is 3. The molecule has 0 spiro atoms. The van der Waals surface area contributed by atoms with Crippen molar-refractivity contribution < 1.29 is 28.6 Å². The van der Waals surface area contributed by atoms with Crippen LogP contribution in [0.2, 0.25) is 0 Å². The number of hydrogen-bond acceptors (Lipinski definition) is 6. The average molecular weight is 501 g/mol. The summed E-state index contributed by atoms with van der Waals surface area (Å²) in [4.78, 5) is 35.8. The van der Waals surface area contributed by atoms with E-state index in [0.717, 1.165) is 44.9 Å². The minimum absolute atomic E-state index is 0.0239. The molecule has 0 aromatic rings. The fourth-order valence-corrected chi connectivity index (χ4v) is 8.66. The molecule has 0 aromatic carbocycles. The second-order valence-electron chi connectivity index (χ2n) is 12.1. The first-order chi connectivity index (χ1) is 17.0. The number of carbonyl (C=O) groups is 3. The molecule has 0 heterocycles. The molecule has 0 amide bonds. The first-order valence-corrected chi connectivity index (χ1v) is 13.9. The summed E-state index contributed by atoms with van der Waals surface area (Å²) >= 11 is 0. The third kappa shape index (κ3) is 4.89. The van der Waals surface area contributed by atoms with Gasteiger partial charge in [-0.2, -0.15) is 0 Å². The molecule has 3 fully saturated rings. The molecule has 0 bridgehead atoms. The molecular formula is C30H44O6. The van der Waals surface area contributed by atoms with Crippen molar-refractivity contribution in [2.45, 2.75) is 98.7 Å². The third-order valence-electron chi connectivity index (χ3n) is 10.2. The number of esters is 3. The van der Waals surface area contributed by atoms with Crippen LogP contribution in [0.15, 0.2) is 23.8 Å². The van der Waals surface area contributed by atoms with Crippen LogP contribution >= 0.6 is 0 Å². The maximum atomic E-state index is 12.2. The smallest absolute Gasteiger partial charge is 0.330 e. The molecule has 6 heteroatoms. The molecule has 0 aromatic heterocycles. The average Bonchev–Trinajstić information content (AvgIpc) is 3.15. The molecule has 0 N–H and O–H groups in total. The highest BCUT2D eigenvalue weighted by atomic mass is 16.5. The van der Waals surface area contributed by atoms with Gasteiger partial charge in [-0.15, -0.1) is 0 Å². The molecule has 4 aliphatic rings. The van der Waals surface area contributed by atoms with Crippen LogP contribution in [-0.4, -0.2) is 36.7 Å². The Morgan fingerprint density at radius 2 is 1.78 bits per heavy atom. The van der Waals surface area contributed by atoms with Gasteiger partial charge in [-0.25, -0.2) is 4.79 Å². The van der Waals surface area contributed by atoms with Crippen molar-refractivity contribution in [1.82, 2.24) is 0 Å². The minimum atomic E-state index is -0.293. The van der Waals surface area contributed by atoms with Crippen LogP contribution < -0.4 is 0 Å². The zero-order valence-corrected chi connectivity index (χ0v) is 22.9. The van der Waals surface area contributed by atoms with Crippen molar-refractivity contribution in [3.63, 3.8) is 0 Å². The topological polar surface area (TPSA) is 78.9 Å². The van der Waals surface area contributed by atoms with Gasteiger partial charge in [0, 0.05) is 25.8 Å². The first kappa shape index (κ1) is 26.9. The van der Waals surface area contributed by atoms with Gasteiger partial charge in [-0.1, -0.05) is 38.5 Å². The largest absolute Gasteiger partial charge is 0.463 e. The van der Waals surface area contributed by atoms with Gasteiger partial charge in [0.15, 0.2) is 0 Å². The molecule has 0 radical (unpaired) electrons. The highest BCUT2D eigenvalue weighted by Gasteiger charge is 2.62. The Morgan fingerprint density at radius 3 is 2.44 bits per heavy atom. The van der Waals surface area contributed by atoms with Crippen LogP contribution in [0.4, 0.5) is 0 Å². The van der Waals surface area contributed by atoms with Gasteiger partial charge in [0.25, 0.3) is 0 Å². The van der Waals surface area contributed by atoms with Gasteiger partial charge >= 0.3 is 17.9 Å². The molecular weight excluding hydrogens is 456 g/mol. The van der Waals surface area contributed by atoms with E-state index < -0.39 is 0 Å². The predicted molar refractivity (Wildman–Crippen MR) is 137 cm³/mol. The van der Waals surface area contributed by atoms with E-state index in [-0.39, 0.29) is 46.9 Å². The monoisotopic (exact) mass is 500 g/mol. The second-order valence-corrected chi connectivity index (χ2v) is 12.1.